The third-order valence-corrected chi connectivity index (χ3v) is 2.16. The second-order valence-corrected chi connectivity index (χ2v) is 3.42. The molecule has 1 heterocycles. The summed E-state index contributed by atoms with van der Waals surface area (Å²) in [5, 5.41) is 4.28. The zero-order valence-electron chi connectivity index (χ0n) is 7.53. The fraction of sp³-hybridized carbons (Fsp3) is 0.500. The van der Waals surface area contributed by atoms with E-state index in [0.717, 1.165) is 11.4 Å². The van der Waals surface area contributed by atoms with Gasteiger partial charge in [0, 0.05) is 5.69 Å². The molecular formula is C8H13N3S. The van der Waals surface area contributed by atoms with Crippen LogP contribution in [-0.4, -0.2) is 14.8 Å². The maximum absolute atomic E-state index is 5.52. The summed E-state index contributed by atoms with van der Waals surface area (Å²) < 4.78 is 1.84. The monoisotopic (exact) mass is 183 g/mol. The molecule has 0 bridgehead atoms. The maximum atomic E-state index is 5.52. The predicted octanol–water partition coefficient (Wildman–Crippen LogP) is 1.35. The van der Waals surface area contributed by atoms with Gasteiger partial charge in [0.25, 0.3) is 0 Å². The van der Waals surface area contributed by atoms with Gasteiger partial charge in [0.1, 0.15) is 0 Å². The second-order valence-electron chi connectivity index (χ2n) is 2.95. The summed E-state index contributed by atoms with van der Waals surface area (Å²) in [5.41, 5.74) is 7.60. The molecule has 0 aliphatic heterocycles. The van der Waals surface area contributed by atoms with E-state index in [4.69, 9.17) is 18.0 Å². The van der Waals surface area contributed by atoms with E-state index in [1.165, 1.54) is 0 Å². The summed E-state index contributed by atoms with van der Waals surface area (Å²) in [6, 6.07) is 2.02. The van der Waals surface area contributed by atoms with Gasteiger partial charge < -0.3 is 5.73 Å². The summed E-state index contributed by atoms with van der Waals surface area (Å²) in [6.07, 6.45) is 0. The molecule has 3 nitrogen and oxygen atoms in total. The van der Waals surface area contributed by atoms with Crippen molar-refractivity contribution in [1.29, 1.82) is 0 Å². The Balaban J connectivity index is 3.02. The molecule has 0 spiro atoms. The normalized spacial score (nSPS) is 12.9. The van der Waals surface area contributed by atoms with Gasteiger partial charge in [-0.25, -0.2) is 0 Å². The highest BCUT2D eigenvalue weighted by Crippen LogP contribution is 2.10. The molecule has 0 aliphatic rings. The van der Waals surface area contributed by atoms with Gasteiger partial charge in [0.2, 0.25) is 0 Å². The summed E-state index contributed by atoms with van der Waals surface area (Å²) in [5.74, 6) is 0. The topological polar surface area (TPSA) is 43.8 Å². The third kappa shape index (κ3) is 1.64. The first-order valence-electron chi connectivity index (χ1n) is 3.84. The molecule has 12 heavy (non-hydrogen) atoms. The van der Waals surface area contributed by atoms with Crippen molar-refractivity contribution in [3.8, 4) is 0 Å². The molecule has 0 radical (unpaired) electrons. The molecule has 0 fully saturated rings. The number of hydrogen-bond donors (Lipinski definition) is 1. The van der Waals surface area contributed by atoms with Crippen LogP contribution in [0.15, 0.2) is 6.07 Å². The van der Waals surface area contributed by atoms with Gasteiger partial charge >= 0.3 is 0 Å². The number of aromatic nitrogens is 2. The Kier molecular flexibility index (Phi) is 2.47. The molecule has 0 aliphatic carbocycles. The highest BCUT2D eigenvalue weighted by Gasteiger charge is 2.10. The molecule has 66 valence electrons. The van der Waals surface area contributed by atoms with E-state index in [2.05, 4.69) is 5.10 Å². The predicted molar refractivity (Wildman–Crippen MR) is 53.2 cm³/mol. The molecular weight excluding hydrogens is 170 g/mol. The molecule has 1 rings (SSSR count). The van der Waals surface area contributed by atoms with Crippen LogP contribution in [0.3, 0.4) is 0 Å². The molecule has 1 unspecified atom stereocenters. The zero-order valence-corrected chi connectivity index (χ0v) is 8.35. The summed E-state index contributed by atoms with van der Waals surface area (Å²) in [6.45, 7) is 5.90. The quantitative estimate of drug-likeness (QED) is 0.704. The Labute approximate surface area is 77.6 Å². The van der Waals surface area contributed by atoms with E-state index in [1.54, 1.807) is 0 Å². The first-order chi connectivity index (χ1) is 5.52. The van der Waals surface area contributed by atoms with E-state index >= 15 is 0 Å². The van der Waals surface area contributed by atoms with E-state index in [0.29, 0.717) is 4.99 Å². The van der Waals surface area contributed by atoms with Crippen LogP contribution >= 0.6 is 12.2 Å². The van der Waals surface area contributed by atoms with Crippen molar-refractivity contribution in [2.24, 2.45) is 5.73 Å². The standard InChI is InChI=1S/C8H13N3S/c1-5-4-6(2)11(10-5)7(3)8(9)12/h4,7H,1-3H3,(H2,9,12). The van der Waals surface area contributed by atoms with E-state index in [9.17, 15) is 0 Å². The van der Waals surface area contributed by atoms with Gasteiger partial charge in [-0.05, 0) is 26.8 Å². The van der Waals surface area contributed by atoms with Crippen LogP contribution in [0.1, 0.15) is 24.4 Å². The van der Waals surface area contributed by atoms with Crippen LogP contribution in [0.25, 0.3) is 0 Å². The zero-order chi connectivity index (χ0) is 9.30. The molecule has 2 N–H and O–H groups in total. The largest absolute Gasteiger partial charge is 0.392 e. The van der Waals surface area contributed by atoms with Gasteiger partial charge in [-0.3, -0.25) is 4.68 Å². The van der Waals surface area contributed by atoms with Crippen molar-refractivity contribution in [3.63, 3.8) is 0 Å². The molecule has 0 aromatic carbocycles. The minimum Gasteiger partial charge on any atom is -0.392 e. The van der Waals surface area contributed by atoms with Gasteiger partial charge in [-0.2, -0.15) is 5.10 Å². The first-order valence-corrected chi connectivity index (χ1v) is 4.25. The average molecular weight is 183 g/mol. The Morgan fingerprint density at radius 2 is 2.25 bits per heavy atom. The van der Waals surface area contributed by atoms with Gasteiger partial charge in [0.05, 0.1) is 16.7 Å². The lowest BCUT2D eigenvalue weighted by Crippen LogP contribution is -2.23. The Morgan fingerprint density at radius 3 is 2.58 bits per heavy atom. The fourth-order valence-electron chi connectivity index (χ4n) is 1.16. The average Bonchev–Trinajstić information content (AvgIpc) is 2.28. The molecule has 4 heteroatoms. The molecule has 1 atom stereocenters. The van der Waals surface area contributed by atoms with Crippen LogP contribution in [0.5, 0.6) is 0 Å². The number of nitrogens with zero attached hydrogens (tertiary/aromatic N) is 2. The van der Waals surface area contributed by atoms with Crippen molar-refractivity contribution >= 4 is 17.2 Å². The highest BCUT2D eigenvalue weighted by molar-refractivity contribution is 7.80. The van der Waals surface area contributed by atoms with Crippen molar-refractivity contribution in [1.82, 2.24) is 9.78 Å². The SMILES string of the molecule is Cc1cc(C)n(C(C)C(N)=S)n1. The van der Waals surface area contributed by atoms with Crippen LogP contribution in [-0.2, 0) is 0 Å². The lowest BCUT2D eigenvalue weighted by Gasteiger charge is -2.11. The molecule has 1 aromatic heterocycles. The molecule has 1 aromatic rings. The van der Waals surface area contributed by atoms with Gasteiger partial charge in [0.15, 0.2) is 0 Å². The summed E-state index contributed by atoms with van der Waals surface area (Å²) in [7, 11) is 0. The van der Waals surface area contributed by atoms with Crippen LogP contribution in [0.2, 0.25) is 0 Å². The summed E-state index contributed by atoms with van der Waals surface area (Å²) >= 11 is 4.89. The highest BCUT2D eigenvalue weighted by atomic mass is 32.1. The minimum absolute atomic E-state index is 0.00806. The van der Waals surface area contributed by atoms with Gasteiger partial charge in [-0.15, -0.1) is 0 Å². The van der Waals surface area contributed by atoms with Crippen molar-refractivity contribution in [2.75, 3.05) is 0 Å². The number of nitrogens with two attached hydrogens (primary N) is 1. The van der Waals surface area contributed by atoms with Crippen molar-refractivity contribution in [3.05, 3.63) is 17.5 Å². The van der Waals surface area contributed by atoms with E-state index in [1.807, 2.05) is 31.5 Å². The van der Waals surface area contributed by atoms with Crippen molar-refractivity contribution < 1.29 is 0 Å². The molecule has 0 amide bonds. The smallest absolute Gasteiger partial charge is 0.0992 e. The van der Waals surface area contributed by atoms with E-state index in [-0.39, 0.29) is 6.04 Å². The van der Waals surface area contributed by atoms with Crippen LogP contribution in [0, 0.1) is 13.8 Å². The van der Waals surface area contributed by atoms with Crippen LogP contribution in [0.4, 0.5) is 0 Å². The Morgan fingerprint density at radius 1 is 1.67 bits per heavy atom. The van der Waals surface area contributed by atoms with E-state index < -0.39 is 0 Å². The van der Waals surface area contributed by atoms with Crippen molar-refractivity contribution in [2.45, 2.75) is 26.8 Å². The lowest BCUT2D eigenvalue weighted by atomic mass is 10.3. The van der Waals surface area contributed by atoms with Gasteiger partial charge in [-0.1, -0.05) is 12.2 Å². The minimum atomic E-state index is 0.00806. The summed E-state index contributed by atoms with van der Waals surface area (Å²) in [4.78, 5) is 0.473. The number of thiocarbonyl (C=S) groups is 1. The molecule has 0 saturated carbocycles. The first kappa shape index (κ1) is 9.19. The Bertz CT molecular complexity index is 303. The molecule has 0 saturated heterocycles. The number of hydrogen-bond acceptors (Lipinski definition) is 2. The number of rotatable bonds is 2. The maximum Gasteiger partial charge on any atom is 0.0992 e. The van der Waals surface area contributed by atoms with Crippen LogP contribution < -0.4 is 5.73 Å². The lowest BCUT2D eigenvalue weighted by molar-refractivity contribution is 0.589. The number of aryl methyl sites for hydroxylation is 2. The second kappa shape index (κ2) is 3.23. The fourth-order valence-corrected chi connectivity index (χ4v) is 1.26. The third-order valence-electron chi connectivity index (χ3n) is 1.82. The Hall–Kier alpha value is -0.900.